The average Bonchev–Trinajstić information content (AvgIpc) is 2.61. The van der Waals surface area contributed by atoms with Crippen molar-refractivity contribution in [1.29, 1.82) is 0 Å². The zero-order chi connectivity index (χ0) is 16.9. The van der Waals surface area contributed by atoms with E-state index in [-0.39, 0.29) is 23.8 Å². The zero-order valence-corrected chi connectivity index (χ0v) is 14.2. The molecule has 0 bridgehead atoms. The Morgan fingerprint density at radius 2 is 1.92 bits per heavy atom. The van der Waals surface area contributed by atoms with E-state index in [2.05, 4.69) is 28.4 Å². The van der Waals surface area contributed by atoms with Crippen LogP contribution in [0.25, 0.3) is 0 Å². The molecule has 1 aliphatic heterocycles. The van der Waals surface area contributed by atoms with Crippen LogP contribution in [0.4, 0.5) is 0 Å². The Hall–Kier alpha value is -1.88. The smallest absolute Gasteiger partial charge is 0.221 e. The van der Waals surface area contributed by atoms with Crippen LogP contribution >= 0.6 is 0 Å². The minimum atomic E-state index is -0.191. The van der Waals surface area contributed by atoms with Gasteiger partial charge in [-0.3, -0.25) is 9.59 Å². The maximum absolute atomic E-state index is 12.3. The highest BCUT2D eigenvalue weighted by Gasteiger charge is 2.24. The van der Waals surface area contributed by atoms with E-state index in [0.29, 0.717) is 6.42 Å². The van der Waals surface area contributed by atoms with E-state index in [1.807, 2.05) is 6.07 Å². The first kappa shape index (κ1) is 17.0. The van der Waals surface area contributed by atoms with E-state index >= 15 is 0 Å². The summed E-state index contributed by atoms with van der Waals surface area (Å²) in [5, 5.41) is 3.20. The Morgan fingerprint density at radius 1 is 1.17 bits per heavy atom. The summed E-state index contributed by atoms with van der Waals surface area (Å²) in [6.07, 6.45) is 5.40. The SMILES string of the molecule is NC(=O)C1CCN(CCC(=O)NC2CCCc3ccccc32)CC1. The molecular weight excluding hydrogens is 302 g/mol. The number of nitrogens with one attached hydrogen (secondary N) is 1. The van der Waals surface area contributed by atoms with Crippen molar-refractivity contribution in [3.8, 4) is 0 Å². The number of fused-ring (bicyclic) bond motifs is 1. The van der Waals surface area contributed by atoms with Crippen molar-refractivity contribution in [2.75, 3.05) is 19.6 Å². The summed E-state index contributed by atoms with van der Waals surface area (Å²) in [4.78, 5) is 25.8. The van der Waals surface area contributed by atoms with Gasteiger partial charge in [0.15, 0.2) is 0 Å². The number of hydrogen-bond acceptors (Lipinski definition) is 3. The van der Waals surface area contributed by atoms with E-state index in [4.69, 9.17) is 5.73 Å². The zero-order valence-electron chi connectivity index (χ0n) is 14.2. The molecule has 5 heteroatoms. The Labute approximate surface area is 143 Å². The third kappa shape index (κ3) is 4.15. The first-order valence-electron chi connectivity index (χ1n) is 9.02. The largest absolute Gasteiger partial charge is 0.369 e. The number of hydrogen-bond donors (Lipinski definition) is 2. The molecule has 3 N–H and O–H groups in total. The van der Waals surface area contributed by atoms with Crippen molar-refractivity contribution in [3.05, 3.63) is 35.4 Å². The summed E-state index contributed by atoms with van der Waals surface area (Å²) in [6.45, 7) is 2.46. The van der Waals surface area contributed by atoms with Crippen LogP contribution in [-0.4, -0.2) is 36.3 Å². The van der Waals surface area contributed by atoms with Gasteiger partial charge in [-0.25, -0.2) is 0 Å². The molecule has 1 heterocycles. The molecule has 0 aromatic heterocycles. The predicted octanol–water partition coefficient (Wildman–Crippen LogP) is 1.77. The first-order chi connectivity index (χ1) is 11.6. The molecule has 0 saturated carbocycles. The second-order valence-electron chi connectivity index (χ2n) is 6.98. The molecule has 1 atom stereocenters. The lowest BCUT2D eigenvalue weighted by atomic mass is 9.87. The number of primary amides is 1. The highest BCUT2D eigenvalue weighted by atomic mass is 16.2. The number of nitrogens with two attached hydrogens (primary N) is 1. The first-order valence-corrected chi connectivity index (χ1v) is 9.02. The topological polar surface area (TPSA) is 75.4 Å². The van der Waals surface area contributed by atoms with Crippen LogP contribution < -0.4 is 11.1 Å². The molecule has 24 heavy (non-hydrogen) atoms. The van der Waals surface area contributed by atoms with E-state index < -0.39 is 0 Å². The quantitative estimate of drug-likeness (QED) is 0.864. The molecule has 1 aliphatic carbocycles. The molecule has 1 aromatic rings. The minimum Gasteiger partial charge on any atom is -0.369 e. The summed E-state index contributed by atoms with van der Waals surface area (Å²) in [7, 11) is 0. The van der Waals surface area contributed by atoms with Crippen molar-refractivity contribution in [1.82, 2.24) is 10.2 Å². The lowest BCUT2D eigenvalue weighted by Gasteiger charge is -2.30. The van der Waals surface area contributed by atoms with Gasteiger partial charge in [0.2, 0.25) is 11.8 Å². The van der Waals surface area contributed by atoms with Crippen LogP contribution in [0, 0.1) is 5.92 Å². The van der Waals surface area contributed by atoms with Crippen LogP contribution in [-0.2, 0) is 16.0 Å². The molecule has 2 amide bonds. The number of piperidine rings is 1. The molecule has 1 aromatic carbocycles. The average molecular weight is 329 g/mol. The Morgan fingerprint density at radius 3 is 2.67 bits per heavy atom. The Bertz CT molecular complexity index is 594. The van der Waals surface area contributed by atoms with Gasteiger partial charge in [-0.15, -0.1) is 0 Å². The fourth-order valence-electron chi connectivity index (χ4n) is 3.87. The van der Waals surface area contributed by atoms with Gasteiger partial charge < -0.3 is 16.0 Å². The molecule has 3 rings (SSSR count). The van der Waals surface area contributed by atoms with Crippen molar-refractivity contribution in [3.63, 3.8) is 0 Å². The third-order valence-corrected chi connectivity index (χ3v) is 5.35. The van der Waals surface area contributed by atoms with Gasteiger partial charge in [0, 0.05) is 18.9 Å². The summed E-state index contributed by atoms with van der Waals surface area (Å²) in [5.74, 6) is -0.0640. The molecule has 5 nitrogen and oxygen atoms in total. The van der Waals surface area contributed by atoms with Gasteiger partial charge >= 0.3 is 0 Å². The van der Waals surface area contributed by atoms with E-state index in [9.17, 15) is 9.59 Å². The summed E-state index contributed by atoms with van der Waals surface area (Å²) < 4.78 is 0. The maximum Gasteiger partial charge on any atom is 0.221 e. The molecule has 1 saturated heterocycles. The number of amides is 2. The number of aryl methyl sites for hydroxylation is 1. The monoisotopic (exact) mass is 329 g/mol. The van der Waals surface area contributed by atoms with Gasteiger partial charge in [0.05, 0.1) is 6.04 Å². The lowest BCUT2D eigenvalue weighted by molar-refractivity contribution is -0.124. The number of carbonyl (C=O) groups excluding carboxylic acids is 2. The Balaban J connectivity index is 1.45. The molecule has 1 fully saturated rings. The third-order valence-electron chi connectivity index (χ3n) is 5.35. The number of nitrogens with zero attached hydrogens (tertiary/aromatic N) is 1. The van der Waals surface area contributed by atoms with Crippen LogP contribution in [0.1, 0.15) is 49.3 Å². The molecule has 2 aliphatic rings. The van der Waals surface area contributed by atoms with Crippen molar-refractivity contribution in [2.24, 2.45) is 11.7 Å². The Kier molecular flexibility index (Phi) is 5.51. The summed E-state index contributed by atoms with van der Waals surface area (Å²) >= 11 is 0. The fourth-order valence-corrected chi connectivity index (χ4v) is 3.87. The van der Waals surface area contributed by atoms with Crippen LogP contribution in [0.5, 0.6) is 0 Å². The number of benzene rings is 1. The molecule has 0 radical (unpaired) electrons. The van der Waals surface area contributed by atoms with E-state index in [1.54, 1.807) is 0 Å². The minimum absolute atomic E-state index is 0.00816. The van der Waals surface area contributed by atoms with Crippen LogP contribution in [0.15, 0.2) is 24.3 Å². The normalized spacial score (nSPS) is 21.9. The summed E-state index contributed by atoms with van der Waals surface area (Å²) in [6, 6.07) is 8.57. The molecule has 0 spiro atoms. The molecular formula is C19H27N3O2. The van der Waals surface area contributed by atoms with Crippen molar-refractivity contribution >= 4 is 11.8 Å². The standard InChI is InChI=1S/C19H27N3O2/c20-19(24)15-8-11-22(12-9-15)13-10-18(23)21-17-7-3-5-14-4-1-2-6-16(14)17/h1-2,4,6,15,17H,3,5,7-13H2,(H2,20,24)(H,21,23). The van der Waals surface area contributed by atoms with Crippen LogP contribution in [0.2, 0.25) is 0 Å². The number of likely N-dealkylation sites (tertiary alicyclic amines) is 1. The van der Waals surface area contributed by atoms with Gasteiger partial charge in [-0.2, -0.15) is 0 Å². The fraction of sp³-hybridized carbons (Fsp3) is 0.579. The van der Waals surface area contributed by atoms with Gasteiger partial charge in [0.1, 0.15) is 0 Å². The van der Waals surface area contributed by atoms with Gasteiger partial charge in [0.25, 0.3) is 0 Å². The maximum atomic E-state index is 12.3. The van der Waals surface area contributed by atoms with E-state index in [0.717, 1.165) is 51.7 Å². The molecule has 130 valence electrons. The van der Waals surface area contributed by atoms with Crippen molar-refractivity contribution in [2.45, 2.75) is 44.6 Å². The van der Waals surface area contributed by atoms with Gasteiger partial charge in [-0.05, 0) is 56.3 Å². The number of carbonyl (C=O) groups is 2. The second-order valence-corrected chi connectivity index (χ2v) is 6.98. The summed E-state index contributed by atoms with van der Waals surface area (Å²) in [5.41, 5.74) is 8.00. The van der Waals surface area contributed by atoms with Crippen LogP contribution in [0.3, 0.4) is 0 Å². The highest BCUT2D eigenvalue weighted by molar-refractivity contribution is 5.77. The van der Waals surface area contributed by atoms with Gasteiger partial charge in [-0.1, -0.05) is 24.3 Å². The van der Waals surface area contributed by atoms with E-state index in [1.165, 1.54) is 11.1 Å². The molecule has 1 unspecified atom stereocenters. The van der Waals surface area contributed by atoms with Crippen molar-refractivity contribution < 1.29 is 9.59 Å². The lowest BCUT2D eigenvalue weighted by Crippen LogP contribution is -2.40. The predicted molar refractivity (Wildman–Crippen MR) is 93.2 cm³/mol. The highest BCUT2D eigenvalue weighted by Crippen LogP contribution is 2.29. The second kappa shape index (κ2) is 7.79. The number of rotatable bonds is 5.